The molecule has 1 heterocycles. The number of aryl methyl sites for hydroxylation is 1. The lowest BCUT2D eigenvalue weighted by atomic mass is 10.1. The van der Waals surface area contributed by atoms with Gasteiger partial charge in [0.2, 0.25) is 5.91 Å². The van der Waals surface area contributed by atoms with Gasteiger partial charge in [-0.15, -0.1) is 0 Å². The van der Waals surface area contributed by atoms with Crippen LogP contribution < -0.4 is 16.2 Å². The summed E-state index contributed by atoms with van der Waals surface area (Å²) >= 11 is 0. The summed E-state index contributed by atoms with van der Waals surface area (Å²) in [7, 11) is 0. The van der Waals surface area contributed by atoms with Gasteiger partial charge in [-0.3, -0.25) is 20.4 Å². The van der Waals surface area contributed by atoms with E-state index in [0.717, 1.165) is 5.56 Å². The van der Waals surface area contributed by atoms with Crippen LogP contribution in [0.1, 0.15) is 17.5 Å². The summed E-state index contributed by atoms with van der Waals surface area (Å²) in [4.78, 5) is 22.6. The number of hydrogen-bond acceptors (Lipinski definition) is 3. The van der Waals surface area contributed by atoms with Crippen molar-refractivity contribution in [2.75, 3.05) is 0 Å². The second kappa shape index (κ2) is 5.35. The summed E-state index contributed by atoms with van der Waals surface area (Å²) in [5.41, 5.74) is 7.56. The Labute approximate surface area is 105 Å². The molecule has 0 unspecified atom stereocenters. The lowest BCUT2D eigenvalue weighted by Gasteiger charge is -2.16. The summed E-state index contributed by atoms with van der Waals surface area (Å²) in [5, 5.41) is 2.78. The van der Waals surface area contributed by atoms with Gasteiger partial charge in [0.15, 0.2) is 0 Å². The minimum Gasteiger partial charge on any atom is -0.347 e. The fraction of sp³-hybridized carbons (Fsp3) is 0.231. The number of benzene rings is 1. The predicted octanol–water partition coefficient (Wildman–Crippen LogP) is 0.520. The molecule has 0 radical (unpaired) electrons. The molecule has 0 saturated heterocycles. The van der Waals surface area contributed by atoms with Gasteiger partial charge in [-0.1, -0.05) is 29.8 Å². The average Bonchev–Trinajstić information content (AvgIpc) is 2.38. The molecule has 3 N–H and O–H groups in total. The van der Waals surface area contributed by atoms with E-state index in [9.17, 15) is 9.59 Å². The minimum atomic E-state index is -0.226. The van der Waals surface area contributed by atoms with Gasteiger partial charge in [0.25, 0.3) is 5.91 Å². The molecule has 1 aromatic carbocycles. The van der Waals surface area contributed by atoms with Crippen molar-refractivity contribution in [3.8, 4) is 0 Å². The molecule has 0 bridgehead atoms. The second-order valence-corrected chi connectivity index (χ2v) is 4.16. The number of hydrazine groups is 1. The van der Waals surface area contributed by atoms with E-state index in [1.54, 1.807) is 6.08 Å². The van der Waals surface area contributed by atoms with E-state index >= 15 is 0 Å². The highest BCUT2D eigenvalue weighted by Gasteiger charge is 2.14. The first kappa shape index (κ1) is 12.2. The lowest BCUT2D eigenvalue weighted by Crippen LogP contribution is -2.44. The Hall–Kier alpha value is -2.30. The van der Waals surface area contributed by atoms with E-state index in [2.05, 4.69) is 16.2 Å². The summed E-state index contributed by atoms with van der Waals surface area (Å²) in [5.74, 6) is -0.374. The highest BCUT2D eigenvalue weighted by Crippen LogP contribution is 2.03. The van der Waals surface area contributed by atoms with Gasteiger partial charge >= 0.3 is 0 Å². The predicted molar refractivity (Wildman–Crippen MR) is 67.0 cm³/mol. The fourth-order valence-electron chi connectivity index (χ4n) is 1.57. The molecule has 2 rings (SSSR count). The van der Waals surface area contributed by atoms with Gasteiger partial charge in [-0.05, 0) is 18.6 Å². The molecule has 2 amide bonds. The second-order valence-electron chi connectivity index (χ2n) is 4.16. The summed E-state index contributed by atoms with van der Waals surface area (Å²) in [6.45, 7) is 2.48. The maximum Gasteiger partial charge on any atom is 0.269 e. The first-order valence-electron chi connectivity index (χ1n) is 5.74. The van der Waals surface area contributed by atoms with E-state index in [-0.39, 0.29) is 18.2 Å². The van der Waals surface area contributed by atoms with E-state index in [0.29, 0.717) is 12.2 Å². The van der Waals surface area contributed by atoms with Crippen LogP contribution in [0.4, 0.5) is 0 Å². The monoisotopic (exact) mass is 245 g/mol. The smallest absolute Gasteiger partial charge is 0.269 e. The van der Waals surface area contributed by atoms with Crippen LogP contribution in [0.25, 0.3) is 0 Å². The topological polar surface area (TPSA) is 70.2 Å². The van der Waals surface area contributed by atoms with Crippen LogP contribution >= 0.6 is 0 Å². The zero-order chi connectivity index (χ0) is 13.0. The lowest BCUT2D eigenvalue weighted by molar-refractivity contribution is -0.122. The quantitative estimate of drug-likeness (QED) is 0.727. The van der Waals surface area contributed by atoms with Crippen LogP contribution in [-0.4, -0.2) is 11.8 Å². The molecule has 0 spiro atoms. The Bertz CT molecular complexity index is 491. The maximum atomic E-state index is 11.8. The van der Waals surface area contributed by atoms with Gasteiger partial charge in [0, 0.05) is 13.0 Å². The molecule has 94 valence electrons. The number of carbonyl (C=O) groups is 2. The number of rotatable bonds is 3. The van der Waals surface area contributed by atoms with Crippen LogP contribution in [0, 0.1) is 6.92 Å². The molecular formula is C13H15N3O2. The molecule has 0 saturated carbocycles. The Kier molecular flexibility index (Phi) is 3.62. The molecule has 18 heavy (non-hydrogen) atoms. The molecule has 0 aliphatic carbocycles. The van der Waals surface area contributed by atoms with Crippen molar-refractivity contribution in [2.24, 2.45) is 0 Å². The fourth-order valence-corrected chi connectivity index (χ4v) is 1.57. The van der Waals surface area contributed by atoms with Gasteiger partial charge in [0.05, 0.1) is 0 Å². The molecule has 0 fully saturated rings. The van der Waals surface area contributed by atoms with Crippen LogP contribution in [0.15, 0.2) is 36.0 Å². The van der Waals surface area contributed by atoms with Gasteiger partial charge < -0.3 is 5.32 Å². The average molecular weight is 245 g/mol. The normalized spacial score (nSPS) is 14.3. The van der Waals surface area contributed by atoms with Gasteiger partial charge in [-0.25, -0.2) is 0 Å². The zero-order valence-corrected chi connectivity index (χ0v) is 10.1. The molecule has 5 heteroatoms. The SMILES string of the molecule is Cc1ccc(CNC(=O)C2=CCC(=O)NN2)cc1. The number of amides is 2. The van der Waals surface area contributed by atoms with Crippen molar-refractivity contribution in [3.05, 3.63) is 47.2 Å². The number of carbonyl (C=O) groups excluding carboxylic acids is 2. The Morgan fingerprint density at radius 3 is 2.61 bits per heavy atom. The molecule has 0 aromatic heterocycles. The van der Waals surface area contributed by atoms with Crippen molar-refractivity contribution < 1.29 is 9.59 Å². The van der Waals surface area contributed by atoms with Crippen LogP contribution in [-0.2, 0) is 16.1 Å². The number of hydrogen-bond donors (Lipinski definition) is 3. The third kappa shape index (κ3) is 3.10. The highest BCUT2D eigenvalue weighted by molar-refractivity contribution is 5.95. The van der Waals surface area contributed by atoms with Gasteiger partial charge in [0.1, 0.15) is 5.70 Å². The van der Waals surface area contributed by atoms with Crippen LogP contribution in [0.5, 0.6) is 0 Å². The van der Waals surface area contributed by atoms with E-state index in [4.69, 9.17) is 0 Å². The van der Waals surface area contributed by atoms with E-state index in [1.807, 2.05) is 31.2 Å². The van der Waals surface area contributed by atoms with Crippen molar-refractivity contribution in [1.82, 2.24) is 16.2 Å². The van der Waals surface area contributed by atoms with Gasteiger partial charge in [-0.2, -0.15) is 0 Å². The molecule has 5 nitrogen and oxygen atoms in total. The van der Waals surface area contributed by atoms with Crippen molar-refractivity contribution >= 4 is 11.8 Å². The third-order valence-electron chi connectivity index (χ3n) is 2.65. The largest absolute Gasteiger partial charge is 0.347 e. The van der Waals surface area contributed by atoms with Crippen molar-refractivity contribution in [2.45, 2.75) is 19.9 Å². The first-order chi connectivity index (χ1) is 8.65. The van der Waals surface area contributed by atoms with Crippen molar-refractivity contribution in [1.29, 1.82) is 0 Å². The molecule has 1 aromatic rings. The molecule has 0 atom stereocenters. The molecule has 1 aliphatic rings. The summed E-state index contributed by atoms with van der Waals surface area (Å²) in [6.07, 6.45) is 1.80. The highest BCUT2D eigenvalue weighted by atomic mass is 16.2. The zero-order valence-electron chi connectivity index (χ0n) is 10.1. The van der Waals surface area contributed by atoms with Crippen LogP contribution in [0.2, 0.25) is 0 Å². The first-order valence-corrected chi connectivity index (χ1v) is 5.74. The summed E-state index contributed by atoms with van der Waals surface area (Å²) < 4.78 is 0. The third-order valence-corrected chi connectivity index (χ3v) is 2.65. The maximum absolute atomic E-state index is 11.8. The molecular weight excluding hydrogens is 230 g/mol. The van der Waals surface area contributed by atoms with E-state index in [1.165, 1.54) is 5.56 Å². The van der Waals surface area contributed by atoms with Crippen LogP contribution in [0.3, 0.4) is 0 Å². The standard InChI is InChI=1S/C13H15N3O2/c1-9-2-4-10(5-3-9)8-14-13(18)11-6-7-12(17)16-15-11/h2-6,15H,7-8H2,1H3,(H,14,18)(H,16,17). The number of nitrogens with one attached hydrogen (secondary N) is 3. The minimum absolute atomic E-state index is 0.148. The van der Waals surface area contributed by atoms with E-state index < -0.39 is 0 Å². The molecule has 1 aliphatic heterocycles. The Morgan fingerprint density at radius 1 is 1.28 bits per heavy atom. The Morgan fingerprint density at radius 2 is 2.00 bits per heavy atom. The van der Waals surface area contributed by atoms with Crippen molar-refractivity contribution in [3.63, 3.8) is 0 Å². The summed E-state index contributed by atoms with van der Waals surface area (Å²) in [6, 6.07) is 7.94. The Balaban J connectivity index is 1.88.